The van der Waals surface area contributed by atoms with Crippen LogP contribution < -0.4 is 4.72 Å². The Labute approximate surface area is 144 Å². The first-order valence-corrected chi connectivity index (χ1v) is 9.85. The average Bonchev–Trinajstić information content (AvgIpc) is 2.52. The van der Waals surface area contributed by atoms with Crippen molar-refractivity contribution in [3.05, 3.63) is 35.9 Å². The van der Waals surface area contributed by atoms with Gasteiger partial charge in [0.25, 0.3) is 0 Å². The van der Waals surface area contributed by atoms with E-state index in [4.69, 9.17) is 4.74 Å². The van der Waals surface area contributed by atoms with Gasteiger partial charge in [-0.3, -0.25) is 4.79 Å². The van der Waals surface area contributed by atoms with Crippen LogP contribution in [0.25, 0.3) is 0 Å². The largest absolute Gasteiger partial charge is 0.466 e. The van der Waals surface area contributed by atoms with Crippen molar-refractivity contribution < 1.29 is 23.1 Å². The molecule has 0 saturated carbocycles. The van der Waals surface area contributed by atoms with E-state index >= 15 is 0 Å². The number of carbonyl (C=O) groups excluding carboxylic acids is 1. The molecule has 0 amide bonds. The predicted octanol–water partition coefficient (Wildman–Crippen LogP) is 1.80. The van der Waals surface area contributed by atoms with Crippen molar-refractivity contribution in [2.75, 3.05) is 18.9 Å². The molecule has 0 radical (unpaired) electrons. The van der Waals surface area contributed by atoms with E-state index in [9.17, 15) is 18.3 Å². The van der Waals surface area contributed by atoms with Gasteiger partial charge in [-0.25, -0.2) is 13.1 Å². The maximum absolute atomic E-state index is 12.1. The molecule has 0 aliphatic heterocycles. The average molecular weight is 357 g/mol. The number of nitrogens with one attached hydrogen (secondary N) is 1. The van der Waals surface area contributed by atoms with Crippen LogP contribution in [0, 0.1) is 0 Å². The molecule has 7 heteroatoms. The Kier molecular flexibility index (Phi) is 8.95. The maximum atomic E-state index is 12.1. The minimum atomic E-state index is -3.47. The van der Waals surface area contributed by atoms with Crippen molar-refractivity contribution in [3.8, 4) is 0 Å². The quantitative estimate of drug-likeness (QED) is 0.589. The third-order valence-electron chi connectivity index (χ3n) is 3.55. The number of benzene rings is 1. The molecule has 136 valence electrons. The minimum absolute atomic E-state index is 0.0878. The number of esters is 1. The molecule has 0 aliphatic rings. The van der Waals surface area contributed by atoms with Crippen LogP contribution in [0.15, 0.2) is 30.3 Å². The van der Waals surface area contributed by atoms with Gasteiger partial charge in [0.05, 0.1) is 18.5 Å². The standard InChI is InChI=1S/C17H27NO5S/c1-3-23-17(20)10-7-11-24(21,22)18-13-16(12-14(2)19)15-8-5-4-6-9-15/h4-6,8-9,14,16,18-19H,3,7,10-13H2,1-2H3. The summed E-state index contributed by atoms with van der Waals surface area (Å²) in [5, 5.41) is 9.64. The fourth-order valence-corrected chi connectivity index (χ4v) is 3.54. The van der Waals surface area contributed by atoms with E-state index in [-0.39, 0.29) is 37.0 Å². The Bertz CT molecular complexity index is 586. The summed E-state index contributed by atoms with van der Waals surface area (Å²) in [6, 6.07) is 9.50. The molecule has 24 heavy (non-hydrogen) atoms. The normalized spacial score (nSPS) is 14.1. The Morgan fingerprint density at radius 2 is 1.96 bits per heavy atom. The number of sulfonamides is 1. The van der Waals surface area contributed by atoms with Gasteiger partial charge in [0.1, 0.15) is 0 Å². The Hall–Kier alpha value is -1.44. The Morgan fingerprint density at radius 3 is 2.54 bits per heavy atom. The summed E-state index contributed by atoms with van der Waals surface area (Å²) < 4.78 is 31.5. The Balaban J connectivity index is 2.54. The van der Waals surface area contributed by atoms with Crippen LogP contribution in [-0.2, 0) is 19.6 Å². The van der Waals surface area contributed by atoms with E-state index in [2.05, 4.69) is 4.72 Å². The highest BCUT2D eigenvalue weighted by molar-refractivity contribution is 7.89. The number of carbonyl (C=O) groups is 1. The molecule has 2 unspecified atom stereocenters. The molecule has 1 rings (SSSR count). The fraction of sp³-hybridized carbons (Fsp3) is 0.588. The summed E-state index contributed by atoms with van der Waals surface area (Å²) in [6.07, 6.45) is 0.254. The van der Waals surface area contributed by atoms with Crippen molar-refractivity contribution in [1.29, 1.82) is 0 Å². The number of rotatable bonds is 11. The number of hydrogen-bond donors (Lipinski definition) is 2. The Morgan fingerprint density at radius 1 is 1.29 bits per heavy atom. The third-order valence-corrected chi connectivity index (χ3v) is 4.98. The molecule has 0 fully saturated rings. The van der Waals surface area contributed by atoms with E-state index < -0.39 is 16.1 Å². The third kappa shape index (κ3) is 8.42. The lowest BCUT2D eigenvalue weighted by Crippen LogP contribution is -2.31. The SMILES string of the molecule is CCOC(=O)CCCS(=O)(=O)NCC(CC(C)O)c1ccccc1. The zero-order chi connectivity index (χ0) is 18.0. The van der Waals surface area contributed by atoms with Crippen LogP contribution in [0.5, 0.6) is 0 Å². The molecule has 0 heterocycles. The zero-order valence-corrected chi connectivity index (χ0v) is 15.1. The van der Waals surface area contributed by atoms with Gasteiger partial charge >= 0.3 is 5.97 Å². The fourth-order valence-electron chi connectivity index (χ4n) is 2.41. The molecule has 0 saturated heterocycles. The highest BCUT2D eigenvalue weighted by Crippen LogP contribution is 2.20. The zero-order valence-electron chi connectivity index (χ0n) is 14.3. The summed E-state index contributed by atoms with van der Waals surface area (Å²) >= 11 is 0. The van der Waals surface area contributed by atoms with E-state index in [0.717, 1.165) is 5.56 Å². The van der Waals surface area contributed by atoms with Crippen LogP contribution in [0.4, 0.5) is 0 Å². The topological polar surface area (TPSA) is 92.7 Å². The molecule has 0 aromatic heterocycles. The number of hydrogen-bond acceptors (Lipinski definition) is 5. The minimum Gasteiger partial charge on any atom is -0.466 e. The maximum Gasteiger partial charge on any atom is 0.305 e. The van der Waals surface area contributed by atoms with Crippen molar-refractivity contribution in [1.82, 2.24) is 4.72 Å². The van der Waals surface area contributed by atoms with Gasteiger partial charge in [0, 0.05) is 13.0 Å². The van der Waals surface area contributed by atoms with Gasteiger partial charge in [-0.2, -0.15) is 0 Å². The smallest absolute Gasteiger partial charge is 0.305 e. The molecule has 1 aromatic rings. The van der Waals surface area contributed by atoms with E-state index in [1.807, 2.05) is 30.3 Å². The van der Waals surface area contributed by atoms with Gasteiger partial charge in [-0.1, -0.05) is 30.3 Å². The van der Waals surface area contributed by atoms with E-state index in [0.29, 0.717) is 13.0 Å². The first-order valence-electron chi connectivity index (χ1n) is 8.20. The second-order valence-electron chi connectivity index (χ2n) is 5.77. The molecule has 6 nitrogen and oxygen atoms in total. The second kappa shape index (κ2) is 10.4. The van der Waals surface area contributed by atoms with Crippen LogP contribution in [0.2, 0.25) is 0 Å². The van der Waals surface area contributed by atoms with Crippen LogP contribution in [-0.4, -0.2) is 44.5 Å². The first-order chi connectivity index (χ1) is 11.3. The molecular weight excluding hydrogens is 330 g/mol. The van der Waals surface area contributed by atoms with Crippen LogP contribution >= 0.6 is 0 Å². The molecule has 2 atom stereocenters. The van der Waals surface area contributed by atoms with Gasteiger partial charge in [0.2, 0.25) is 10.0 Å². The molecule has 0 aliphatic carbocycles. The highest BCUT2D eigenvalue weighted by Gasteiger charge is 2.18. The predicted molar refractivity (Wildman–Crippen MR) is 93.1 cm³/mol. The number of aliphatic hydroxyl groups excluding tert-OH is 1. The second-order valence-corrected chi connectivity index (χ2v) is 7.69. The van der Waals surface area contributed by atoms with Crippen molar-refractivity contribution >= 4 is 16.0 Å². The first kappa shape index (κ1) is 20.6. The van der Waals surface area contributed by atoms with Crippen molar-refractivity contribution in [2.24, 2.45) is 0 Å². The molecule has 2 N–H and O–H groups in total. The van der Waals surface area contributed by atoms with Crippen molar-refractivity contribution in [2.45, 2.75) is 45.1 Å². The molecular formula is C17H27NO5S. The highest BCUT2D eigenvalue weighted by atomic mass is 32.2. The lowest BCUT2D eigenvalue weighted by molar-refractivity contribution is -0.143. The lowest BCUT2D eigenvalue weighted by atomic mass is 9.94. The van der Waals surface area contributed by atoms with Crippen molar-refractivity contribution in [3.63, 3.8) is 0 Å². The monoisotopic (exact) mass is 357 g/mol. The van der Waals surface area contributed by atoms with Gasteiger partial charge < -0.3 is 9.84 Å². The summed E-state index contributed by atoms with van der Waals surface area (Å²) in [6.45, 7) is 3.91. The lowest BCUT2D eigenvalue weighted by Gasteiger charge is -2.19. The molecule has 0 spiro atoms. The summed E-state index contributed by atoms with van der Waals surface area (Å²) in [4.78, 5) is 11.2. The van der Waals surface area contributed by atoms with E-state index in [1.54, 1.807) is 13.8 Å². The van der Waals surface area contributed by atoms with Gasteiger partial charge in [-0.15, -0.1) is 0 Å². The van der Waals surface area contributed by atoms with Gasteiger partial charge in [-0.05, 0) is 38.2 Å². The molecule has 0 bridgehead atoms. The number of aliphatic hydroxyl groups is 1. The summed E-state index contributed by atoms with van der Waals surface area (Å²) in [7, 11) is -3.47. The van der Waals surface area contributed by atoms with Crippen LogP contribution in [0.1, 0.15) is 44.6 Å². The van der Waals surface area contributed by atoms with Crippen LogP contribution in [0.3, 0.4) is 0 Å². The molecule has 1 aromatic carbocycles. The number of ether oxygens (including phenoxy) is 1. The van der Waals surface area contributed by atoms with Gasteiger partial charge in [0.15, 0.2) is 0 Å². The summed E-state index contributed by atoms with van der Waals surface area (Å²) in [5.41, 5.74) is 0.979. The summed E-state index contributed by atoms with van der Waals surface area (Å²) in [5.74, 6) is -0.614. The van der Waals surface area contributed by atoms with E-state index in [1.165, 1.54) is 0 Å².